The van der Waals surface area contributed by atoms with Crippen LogP contribution < -0.4 is 10.9 Å². The van der Waals surface area contributed by atoms with E-state index in [0.717, 1.165) is 10.0 Å². The number of hydrogen-bond donors (Lipinski definition) is 2. The Balaban J connectivity index is 1.77. The number of amides is 2. The summed E-state index contributed by atoms with van der Waals surface area (Å²) in [6, 6.07) is 14.2. The van der Waals surface area contributed by atoms with E-state index >= 15 is 0 Å². The van der Waals surface area contributed by atoms with Gasteiger partial charge in [-0.15, -0.1) is 0 Å². The number of rotatable bonds is 3. The largest absolute Gasteiger partial charge is 0.381 e. The highest BCUT2D eigenvalue weighted by atomic mass is 79.9. The first kappa shape index (κ1) is 18.9. The summed E-state index contributed by atoms with van der Waals surface area (Å²) < 4.78 is 6.30. The lowest BCUT2D eigenvalue weighted by Gasteiger charge is -2.36. The number of carbonyl (C=O) groups is 2. The molecule has 0 unspecified atom stereocenters. The van der Waals surface area contributed by atoms with Crippen molar-refractivity contribution in [1.29, 1.82) is 0 Å². The van der Waals surface area contributed by atoms with E-state index < -0.39 is 5.41 Å². The highest BCUT2D eigenvalue weighted by molar-refractivity contribution is 9.10. The van der Waals surface area contributed by atoms with E-state index in [-0.39, 0.29) is 11.8 Å². The Morgan fingerprint density at radius 1 is 1.00 bits per heavy atom. The normalized spacial score (nSPS) is 15.9. The first-order valence-electron chi connectivity index (χ1n) is 8.22. The second-order valence-electron chi connectivity index (χ2n) is 6.09. The molecule has 1 saturated heterocycles. The first-order chi connectivity index (χ1) is 12.5. The topological polar surface area (TPSA) is 67.4 Å². The summed E-state index contributed by atoms with van der Waals surface area (Å²) in [6.07, 6.45) is 0.993. The standard InChI is InChI=1S/C19H18BrClN2O3/c20-14-7-5-13(6-8-14)17(24)22-23-18(25)19(9-11-26-12-10-19)15-3-1-2-4-16(15)21/h1-8H,9-12H2,(H,22,24)(H,23,25). The van der Waals surface area contributed by atoms with Gasteiger partial charge in [-0.05, 0) is 48.7 Å². The van der Waals surface area contributed by atoms with Crippen molar-refractivity contribution in [3.63, 3.8) is 0 Å². The molecule has 1 aliphatic rings. The Hall–Kier alpha value is -1.89. The van der Waals surface area contributed by atoms with Crippen LogP contribution in [0.25, 0.3) is 0 Å². The van der Waals surface area contributed by atoms with Crippen molar-refractivity contribution < 1.29 is 14.3 Å². The minimum Gasteiger partial charge on any atom is -0.381 e. The van der Waals surface area contributed by atoms with Crippen molar-refractivity contribution in [3.05, 3.63) is 69.2 Å². The fourth-order valence-electron chi connectivity index (χ4n) is 3.09. The second kappa shape index (κ2) is 8.20. The van der Waals surface area contributed by atoms with Gasteiger partial charge in [0, 0.05) is 28.3 Å². The molecule has 1 aliphatic heterocycles. The molecule has 2 amide bonds. The summed E-state index contributed by atoms with van der Waals surface area (Å²) in [5.74, 6) is -0.674. The summed E-state index contributed by atoms with van der Waals surface area (Å²) >= 11 is 9.67. The predicted molar refractivity (Wildman–Crippen MR) is 103 cm³/mol. The fourth-order valence-corrected chi connectivity index (χ4v) is 3.68. The van der Waals surface area contributed by atoms with E-state index in [2.05, 4.69) is 26.8 Å². The van der Waals surface area contributed by atoms with Gasteiger partial charge >= 0.3 is 0 Å². The molecular formula is C19H18BrClN2O3. The number of benzene rings is 2. The Labute approximate surface area is 165 Å². The van der Waals surface area contributed by atoms with Crippen LogP contribution in [0.3, 0.4) is 0 Å². The summed E-state index contributed by atoms with van der Waals surface area (Å²) in [7, 11) is 0. The van der Waals surface area contributed by atoms with Crippen molar-refractivity contribution in [1.82, 2.24) is 10.9 Å². The van der Waals surface area contributed by atoms with Gasteiger partial charge in [0.1, 0.15) is 0 Å². The quantitative estimate of drug-likeness (QED) is 0.721. The van der Waals surface area contributed by atoms with Gasteiger partial charge in [0.15, 0.2) is 0 Å². The van der Waals surface area contributed by atoms with Gasteiger partial charge in [0.05, 0.1) is 5.41 Å². The van der Waals surface area contributed by atoms with Crippen molar-refractivity contribution >= 4 is 39.3 Å². The molecule has 0 saturated carbocycles. The molecule has 5 nitrogen and oxygen atoms in total. The summed E-state index contributed by atoms with van der Waals surface area (Å²) in [6.45, 7) is 0.915. The van der Waals surface area contributed by atoms with E-state index in [0.29, 0.717) is 36.6 Å². The van der Waals surface area contributed by atoms with Crippen LogP contribution in [0.1, 0.15) is 28.8 Å². The van der Waals surface area contributed by atoms with Gasteiger partial charge < -0.3 is 4.74 Å². The smallest absolute Gasteiger partial charge is 0.269 e. The SMILES string of the molecule is O=C(NNC(=O)C1(c2ccccc2Cl)CCOCC1)c1ccc(Br)cc1. The molecule has 0 aromatic heterocycles. The molecule has 136 valence electrons. The Kier molecular flexibility index (Phi) is 5.96. The van der Waals surface area contributed by atoms with Gasteiger partial charge in [-0.3, -0.25) is 20.4 Å². The van der Waals surface area contributed by atoms with Crippen molar-refractivity contribution in [2.45, 2.75) is 18.3 Å². The lowest BCUT2D eigenvalue weighted by Crippen LogP contribution is -2.53. The zero-order valence-electron chi connectivity index (χ0n) is 13.9. The molecule has 2 aromatic rings. The number of carbonyl (C=O) groups excluding carboxylic acids is 2. The van der Waals surface area contributed by atoms with Gasteiger partial charge in [0.2, 0.25) is 5.91 Å². The van der Waals surface area contributed by atoms with Crippen LogP contribution in [0.2, 0.25) is 5.02 Å². The van der Waals surface area contributed by atoms with Crippen LogP contribution in [-0.4, -0.2) is 25.0 Å². The molecule has 0 aliphatic carbocycles. The van der Waals surface area contributed by atoms with E-state index in [1.54, 1.807) is 30.3 Å². The van der Waals surface area contributed by atoms with Crippen molar-refractivity contribution in [2.75, 3.05) is 13.2 Å². The third kappa shape index (κ3) is 3.92. The van der Waals surface area contributed by atoms with Crippen LogP contribution in [0.4, 0.5) is 0 Å². The minimum atomic E-state index is -0.830. The summed E-state index contributed by atoms with van der Waals surface area (Å²) in [4.78, 5) is 25.3. The molecule has 0 radical (unpaired) electrons. The number of halogens is 2. The minimum absolute atomic E-state index is 0.292. The second-order valence-corrected chi connectivity index (χ2v) is 7.41. The highest BCUT2D eigenvalue weighted by Crippen LogP contribution is 2.38. The van der Waals surface area contributed by atoms with Crippen molar-refractivity contribution in [3.8, 4) is 0 Å². The van der Waals surface area contributed by atoms with Crippen LogP contribution in [-0.2, 0) is 14.9 Å². The van der Waals surface area contributed by atoms with E-state index in [9.17, 15) is 9.59 Å². The number of hydrazine groups is 1. The van der Waals surface area contributed by atoms with Gasteiger partial charge in [0.25, 0.3) is 5.91 Å². The molecule has 0 spiro atoms. The fraction of sp³-hybridized carbons (Fsp3) is 0.263. The summed E-state index contributed by atoms with van der Waals surface area (Å²) in [5.41, 5.74) is 5.43. The first-order valence-corrected chi connectivity index (χ1v) is 9.39. The number of ether oxygens (including phenoxy) is 1. The predicted octanol–water partition coefficient (Wildman–Crippen LogP) is 3.61. The number of nitrogens with one attached hydrogen (secondary N) is 2. The van der Waals surface area contributed by atoms with Crippen molar-refractivity contribution in [2.24, 2.45) is 0 Å². The molecular weight excluding hydrogens is 420 g/mol. The molecule has 0 bridgehead atoms. The zero-order chi connectivity index (χ0) is 18.6. The third-order valence-electron chi connectivity index (χ3n) is 4.57. The van der Waals surface area contributed by atoms with E-state index in [1.807, 2.05) is 18.2 Å². The van der Waals surface area contributed by atoms with Crippen LogP contribution in [0.5, 0.6) is 0 Å². The van der Waals surface area contributed by atoms with E-state index in [4.69, 9.17) is 16.3 Å². The van der Waals surface area contributed by atoms with Crippen LogP contribution >= 0.6 is 27.5 Å². The molecule has 26 heavy (non-hydrogen) atoms. The van der Waals surface area contributed by atoms with Crippen LogP contribution in [0, 0.1) is 0 Å². The molecule has 7 heteroatoms. The maximum Gasteiger partial charge on any atom is 0.269 e. The van der Waals surface area contributed by atoms with Gasteiger partial charge in [-0.25, -0.2) is 0 Å². The Bertz CT molecular complexity index is 805. The zero-order valence-corrected chi connectivity index (χ0v) is 16.3. The van der Waals surface area contributed by atoms with Crippen LogP contribution in [0.15, 0.2) is 53.0 Å². The molecule has 2 N–H and O–H groups in total. The lowest BCUT2D eigenvalue weighted by molar-refractivity contribution is -0.131. The van der Waals surface area contributed by atoms with Gasteiger partial charge in [-0.2, -0.15) is 0 Å². The average Bonchev–Trinajstić information content (AvgIpc) is 2.67. The maximum absolute atomic E-state index is 13.0. The number of hydrogen-bond acceptors (Lipinski definition) is 3. The Morgan fingerprint density at radius 2 is 1.65 bits per heavy atom. The van der Waals surface area contributed by atoms with Gasteiger partial charge in [-0.1, -0.05) is 45.7 Å². The van der Waals surface area contributed by atoms with E-state index in [1.165, 1.54) is 0 Å². The molecule has 2 aromatic carbocycles. The monoisotopic (exact) mass is 436 g/mol. The molecule has 1 heterocycles. The molecule has 3 rings (SSSR count). The Morgan fingerprint density at radius 3 is 2.31 bits per heavy atom. The molecule has 1 fully saturated rings. The third-order valence-corrected chi connectivity index (χ3v) is 5.42. The average molecular weight is 438 g/mol. The maximum atomic E-state index is 13.0. The lowest BCUT2D eigenvalue weighted by atomic mass is 9.73. The molecule has 0 atom stereocenters. The highest BCUT2D eigenvalue weighted by Gasteiger charge is 2.43. The summed E-state index contributed by atoms with van der Waals surface area (Å²) in [5, 5.41) is 0.531.